The van der Waals surface area contributed by atoms with E-state index in [-0.39, 0.29) is 6.04 Å². The van der Waals surface area contributed by atoms with Gasteiger partial charge in [-0.05, 0) is 35.0 Å². The van der Waals surface area contributed by atoms with Crippen LogP contribution in [0.3, 0.4) is 0 Å². The zero-order valence-electron chi connectivity index (χ0n) is 10.0. The first kappa shape index (κ1) is 14.6. The van der Waals surface area contributed by atoms with E-state index in [9.17, 15) is 0 Å². The normalized spacial score (nSPS) is 12.3. The first-order valence-electron chi connectivity index (χ1n) is 5.52. The summed E-state index contributed by atoms with van der Waals surface area (Å²) in [5, 5.41) is 0.954. The molecule has 1 atom stereocenters. The SMILES string of the molecule is C[C@@H](N)c1cccnc1Oc1cc(Cl)c(Br)cc1Cl. The fourth-order valence-electron chi connectivity index (χ4n) is 1.52. The zero-order valence-corrected chi connectivity index (χ0v) is 13.1. The molecule has 0 bridgehead atoms. The van der Waals surface area contributed by atoms with E-state index in [2.05, 4.69) is 20.9 Å². The van der Waals surface area contributed by atoms with Crippen molar-refractivity contribution in [2.45, 2.75) is 13.0 Å². The second-order valence-corrected chi connectivity index (χ2v) is 5.65. The van der Waals surface area contributed by atoms with Crippen LogP contribution in [0.4, 0.5) is 0 Å². The quantitative estimate of drug-likeness (QED) is 0.785. The van der Waals surface area contributed by atoms with Crippen molar-refractivity contribution in [2.24, 2.45) is 5.73 Å². The Balaban J connectivity index is 2.39. The molecule has 0 unspecified atom stereocenters. The lowest BCUT2D eigenvalue weighted by Gasteiger charge is -2.13. The van der Waals surface area contributed by atoms with Crippen molar-refractivity contribution in [1.82, 2.24) is 4.98 Å². The molecule has 0 fully saturated rings. The molecular weight excluding hydrogens is 351 g/mol. The molecule has 2 N–H and O–H groups in total. The van der Waals surface area contributed by atoms with E-state index in [0.29, 0.717) is 26.1 Å². The van der Waals surface area contributed by atoms with Gasteiger partial charge in [-0.25, -0.2) is 4.98 Å². The molecule has 1 heterocycles. The van der Waals surface area contributed by atoms with Crippen molar-refractivity contribution in [3.8, 4) is 11.6 Å². The Bertz CT molecular complexity index is 605. The first-order valence-corrected chi connectivity index (χ1v) is 7.07. The van der Waals surface area contributed by atoms with Crippen LogP contribution in [0.25, 0.3) is 0 Å². The summed E-state index contributed by atoms with van der Waals surface area (Å²) in [6, 6.07) is 6.79. The predicted molar refractivity (Wildman–Crippen MR) is 81.1 cm³/mol. The molecule has 0 aliphatic rings. The molecule has 0 spiro atoms. The summed E-state index contributed by atoms with van der Waals surface area (Å²) in [4.78, 5) is 4.17. The second-order valence-electron chi connectivity index (χ2n) is 3.99. The van der Waals surface area contributed by atoms with Crippen molar-refractivity contribution in [1.29, 1.82) is 0 Å². The lowest BCUT2D eigenvalue weighted by Crippen LogP contribution is -2.07. The van der Waals surface area contributed by atoms with Gasteiger partial charge >= 0.3 is 0 Å². The van der Waals surface area contributed by atoms with Gasteiger partial charge in [0.05, 0.1) is 10.0 Å². The Morgan fingerprint density at radius 3 is 2.74 bits per heavy atom. The number of pyridine rings is 1. The summed E-state index contributed by atoms with van der Waals surface area (Å²) in [6.45, 7) is 1.86. The van der Waals surface area contributed by atoms with E-state index in [1.54, 1.807) is 18.3 Å². The molecule has 0 radical (unpaired) electrons. The minimum absolute atomic E-state index is 0.187. The smallest absolute Gasteiger partial charge is 0.224 e. The van der Waals surface area contributed by atoms with Crippen LogP contribution in [0.15, 0.2) is 34.9 Å². The number of rotatable bonds is 3. The number of nitrogens with zero attached hydrogens (tertiary/aromatic N) is 1. The predicted octanol–water partition coefficient (Wildman–Crippen LogP) is 4.96. The lowest BCUT2D eigenvalue weighted by molar-refractivity contribution is 0.452. The summed E-state index contributed by atoms with van der Waals surface area (Å²) in [6.07, 6.45) is 1.63. The van der Waals surface area contributed by atoms with Crippen LogP contribution < -0.4 is 10.5 Å². The molecule has 0 saturated carbocycles. The Morgan fingerprint density at radius 2 is 2.05 bits per heavy atom. The van der Waals surface area contributed by atoms with Gasteiger partial charge in [-0.3, -0.25) is 0 Å². The lowest BCUT2D eigenvalue weighted by atomic mass is 10.1. The second kappa shape index (κ2) is 6.09. The average molecular weight is 362 g/mol. The van der Waals surface area contributed by atoms with Crippen molar-refractivity contribution in [2.75, 3.05) is 0 Å². The van der Waals surface area contributed by atoms with Gasteiger partial charge in [-0.1, -0.05) is 29.3 Å². The summed E-state index contributed by atoms with van der Waals surface area (Å²) >= 11 is 15.4. The highest BCUT2D eigenvalue weighted by Crippen LogP contribution is 2.37. The molecule has 19 heavy (non-hydrogen) atoms. The van der Waals surface area contributed by atoms with E-state index in [4.69, 9.17) is 33.7 Å². The van der Waals surface area contributed by atoms with Gasteiger partial charge in [0.1, 0.15) is 5.75 Å². The van der Waals surface area contributed by atoms with Gasteiger partial charge in [0.2, 0.25) is 5.88 Å². The maximum atomic E-state index is 6.11. The van der Waals surface area contributed by atoms with E-state index >= 15 is 0 Å². The summed E-state index contributed by atoms with van der Waals surface area (Å²) in [5.41, 5.74) is 6.68. The number of benzene rings is 1. The van der Waals surface area contributed by atoms with Gasteiger partial charge in [0.25, 0.3) is 0 Å². The minimum Gasteiger partial charge on any atom is -0.437 e. The molecule has 1 aromatic heterocycles. The monoisotopic (exact) mass is 360 g/mol. The Kier molecular flexibility index (Phi) is 4.68. The third-order valence-corrected chi connectivity index (χ3v) is 3.97. The third kappa shape index (κ3) is 3.39. The van der Waals surface area contributed by atoms with Crippen LogP contribution in [-0.2, 0) is 0 Å². The molecule has 0 aliphatic carbocycles. The van der Waals surface area contributed by atoms with E-state index in [0.717, 1.165) is 5.56 Å². The van der Waals surface area contributed by atoms with E-state index in [1.807, 2.05) is 19.1 Å². The molecular formula is C13H11BrCl2N2O. The van der Waals surface area contributed by atoms with E-state index < -0.39 is 0 Å². The van der Waals surface area contributed by atoms with Gasteiger partial charge < -0.3 is 10.5 Å². The van der Waals surface area contributed by atoms with Gasteiger partial charge in [-0.15, -0.1) is 0 Å². The molecule has 0 amide bonds. The summed E-state index contributed by atoms with van der Waals surface area (Å²) in [7, 11) is 0. The minimum atomic E-state index is -0.187. The Morgan fingerprint density at radius 1 is 1.32 bits per heavy atom. The van der Waals surface area contributed by atoms with Crippen molar-refractivity contribution >= 4 is 39.1 Å². The number of aromatic nitrogens is 1. The average Bonchev–Trinajstić information content (AvgIpc) is 2.36. The van der Waals surface area contributed by atoms with Gasteiger partial charge in [0, 0.05) is 28.3 Å². The molecule has 1 aromatic carbocycles. The van der Waals surface area contributed by atoms with Crippen LogP contribution >= 0.6 is 39.1 Å². The molecule has 3 nitrogen and oxygen atoms in total. The van der Waals surface area contributed by atoms with Crippen LogP contribution in [-0.4, -0.2) is 4.98 Å². The number of ether oxygens (including phenoxy) is 1. The van der Waals surface area contributed by atoms with Crippen LogP contribution in [0.5, 0.6) is 11.6 Å². The molecule has 100 valence electrons. The highest BCUT2D eigenvalue weighted by Gasteiger charge is 2.13. The Hall–Kier alpha value is -0.810. The standard InChI is InChI=1S/C13H11BrCl2N2O/c1-7(17)8-3-2-4-18-13(8)19-12-6-10(15)9(14)5-11(12)16/h2-7H,17H2,1H3/t7-/m1/s1. The van der Waals surface area contributed by atoms with E-state index in [1.165, 1.54) is 0 Å². The van der Waals surface area contributed by atoms with Crippen molar-refractivity contribution in [3.05, 3.63) is 50.5 Å². The topological polar surface area (TPSA) is 48.1 Å². The first-order chi connectivity index (χ1) is 8.99. The van der Waals surface area contributed by atoms with Crippen LogP contribution in [0, 0.1) is 0 Å². The van der Waals surface area contributed by atoms with Crippen molar-refractivity contribution < 1.29 is 4.74 Å². The molecule has 2 aromatic rings. The molecule has 2 rings (SSSR count). The number of hydrogen-bond acceptors (Lipinski definition) is 3. The number of hydrogen-bond donors (Lipinski definition) is 1. The van der Waals surface area contributed by atoms with Crippen LogP contribution in [0.2, 0.25) is 10.0 Å². The number of nitrogens with two attached hydrogens (primary N) is 1. The number of halogens is 3. The van der Waals surface area contributed by atoms with Gasteiger partial charge in [0.15, 0.2) is 0 Å². The highest BCUT2D eigenvalue weighted by atomic mass is 79.9. The molecule has 0 saturated heterocycles. The maximum absolute atomic E-state index is 6.11. The highest BCUT2D eigenvalue weighted by molar-refractivity contribution is 9.10. The third-order valence-electron chi connectivity index (χ3n) is 2.47. The van der Waals surface area contributed by atoms with Crippen molar-refractivity contribution in [3.63, 3.8) is 0 Å². The summed E-state index contributed by atoms with van der Waals surface area (Å²) < 4.78 is 6.42. The maximum Gasteiger partial charge on any atom is 0.224 e. The van der Waals surface area contributed by atoms with Crippen LogP contribution in [0.1, 0.15) is 18.5 Å². The zero-order chi connectivity index (χ0) is 14.0. The fraction of sp³-hybridized carbons (Fsp3) is 0.154. The van der Waals surface area contributed by atoms with Gasteiger partial charge in [-0.2, -0.15) is 0 Å². The Labute approximate surface area is 129 Å². The molecule has 0 aliphatic heterocycles. The molecule has 6 heteroatoms. The largest absolute Gasteiger partial charge is 0.437 e. The summed E-state index contributed by atoms with van der Waals surface area (Å²) in [5.74, 6) is 0.869. The fourth-order valence-corrected chi connectivity index (χ4v) is 2.35.